The molecule has 184 valence electrons. The highest BCUT2D eigenvalue weighted by Gasteiger charge is 2.46. The second kappa shape index (κ2) is 8.26. The van der Waals surface area contributed by atoms with Gasteiger partial charge in [-0.15, -0.1) is 10.2 Å². The second-order valence-electron chi connectivity index (χ2n) is 9.07. The van der Waals surface area contributed by atoms with Gasteiger partial charge in [0.2, 0.25) is 11.8 Å². The Kier molecular flexibility index (Phi) is 5.46. The monoisotopic (exact) mass is 502 g/mol. The molecule has 1 aromatic carbocycles. The fourth-order valence-corrected chi connectivity index (χ4v) is 6.05. The third-order valence-electron chi connectivity index (χ3n) is 6.25. The summed E-state index contributed by atoms with van der Waals surface area (Å²) in [4.78, 5) is 26.7. The maximum absolute atomic E-state index is 13.4. The van der Waals surface area contributed by atoms with Gasteiger partial charge in [0, 0.05) is 31.1 Å². The molecular formula is C22H23FN6O5S. The van der Waals surface area contributed by atoms with Gasteiger partial charge in [-0.25, -0.2) is 13.2 Å². The minimum Gasteiger partial charge on any atom is -0.424 e. The van der Waals surface area contributed by atoms with Crippen LogP contribution in [0.2, 0.25) is 0 Å². The molecule has 0 radical (unpaired) electrons. The summed E-state index contributed by atoms with van der Waals surface area (Å²) < 4.78 is 48.7. The molecule has 0 spiro atoms. The summed E-state index contributed by atoms with van der Waals surface area (Å²) in [5, 5.41) is 11.8. The molecule has 1 aliphatic carbocycles. The quantitative estimate of drug-likeness (QED) is 0.351. The standard InChI is InChI=1S/C22H23FN6O5S/c1-14-25-26-19(34-14)11-28-18-4-3-16(35(32,33)13-22(12-23)5-6-22)7-17(18)20(30)29(21(28)31)10-15-8-24-27(2)9-15/h3-4,7-9H,5-6,10-13H2,1-2H3. The van der Waals surface area contributed by atoms with E-state index in [2.05, 4.69) is 15.3 Å². The summed E-state index contributed by atoms with van der Waals surface area (Å²) >= 11 is 0. The third kappa shape index (κ3) is 4.31. The molecule has 35 heavy (non-hydrogen) atoms. The molecule has 0 atom stereocenters. The van der Waals surface area contributed by atoms with Crippen molar-refractivity contribution in [3.8, 4) is 0 Å². The van der Waals surface area contributed by atoms with Crippen LogP contribution in [0, 0.1) is 12.3 Å². The first-order chi connectivity index (χ1) is 16.6. The topological polar surface area (TPSA) is 135 Å². The van der Waals surface area contributed by atoms with Gasteiger partial charge in [0.15, 0.2) is 9.84 Å². The van der Waals surface area contributed by atoms with E-state index in [9.17, 15) is 22.4 Å². The summed E-state index contributed by atoms with van der Waals surface area (Å²) in [5.41, 5.74) is -1.26. The van der Waals surface area contributed by atoms with E-state index in [4.69, 9.17) is 4.42 Å². The zero-order valence-electron chi connectivity index (χ0n) is 19.1. The maximum atomic E-state index is 13.4. The molecule has 0 aliphatic heterocycles. The molecule has 1 saturated carbocycles. The zero-order valence-corrected chi connectivity index (χ0v) is 20.0. The Morgan fingerprint density at radius 2 is 1.91 bits per heavy atom. The molecule has 11 nitrogen and oxygen atoms in total. The molecule has 0 N–H and O–H groups in total. The molecule has 0 saturated heterocycles. The first-order valence-corrected chi connectivity index (χ1v) is 12.6. The Labute approximate surface area is 198 Å². The summed E-state index contributed by atoms with van der Waals surface area (Å²) in [7, 11) is -2.14. The highest BCUT2D eigenvalue weighted by Crippen LogP contribution is 2.47. The average molecular weight is 503 g/mol. The lowest BCUT2D eigenvalue weighted by Crippen LogP contribution is -2.40. The Bertz CT molecular complexity index is 1660. The van der Waals surface area contributed by atoms with Crippen molar-refractivity contribution in [2.24, 2.45) is 12.5 Å². The predicted molar refractivity (Wildman–Crippen MR) is 123 cm³/mol. The fourth-order valence-electron chi connectivity index (χ4n) is 4.14. The van der Waals surface area contributed by atoms with Crippen LogP contribution in [0.1, 0.15) is 30.2 Å². The maximum Gasteiger partial charge on any atom is 0.332 e. The first kappa shape index (κ1) is 23.1. The van der Waals surface area contributed by atoms with Crippen LogP contribution in [0.25, 0.3) is 10.9 Å². The second-order valence-corrected chi connectivity index (χ2v) is 11.1. The summed E-state index contributed by atoms with van der Waals surface area (Å²) in [6.45, 7) is 0.732. The molecule has 0 unspecified atom stereocenters. The fraction of sp³-hybridized carbons (Fsp3) is 0.409. The number of aryl methyl sites for hydroxylation is 2. The minimum atomic E-state index is -3.85. The Balaban J connectivity index is 1.68. The van der Waals surface area contributed by atoms with Crippen molar-refractivity contribution in [2.45, 2.75) is 37.8 Å². The number of alkyl halides is 1. The lowest BCUT2D eigenvalue weighted by atomic mass is 10.2. The number of nitrogens with zero attached hydrogens (tertiary/aromatic N) is 6. The molecule has 5 rings (SSSR count). The van der Waals surface area contributed by atoms with Crippen molar-refractivity contribution in [3.63, 3.8) is 0 Å². The average Bonchev–Trinajstić information content (AvgIpc) is 3.26. The lowest BCUT2D eigenvalue weighted by molar-refractivity contribution is 0.367. The highest BCUT2D eigenvalue weighted by molar-refractivity contribution is 7.91. The van der Waals surface area contributed by atoms with Gasteiger partial charge >= 0.3 is 5.69 Å². The van der Waals surface area contributed by atoms with Crippen LogP contribution in [0.4, 0.5) is 4.39 Å². The number of sulfone groups is 1. The van der Waals surface area contributed by atoms with Crippen molar-refractivity contribution < 1.29 is 17.2 Å². The molecule has 0 amide bonds. The van der Waals surface area contributed by atoms with Crippen molar-refractivity contribution >= 4 is 20.7 Å². The Morgan fingerprint density at radius 1 is 1.14 bits per heavy atom. The molecule has 13 heteroatoms. The van der Waals surface area contributed by atoms with E-state index in [-0.39, 0.29) is 40.5 Å². The number of fused-ring (bicyclic) bond motifs is 1. The Hall–Kier alpha value is -3.61. The summed E-state index contributed by atoms with van der Waals surface area (Å²) in [6.07, 6.45) is 4.23. The van der Waals surface area contributed by atoms with Gasteiger partial charge in [-0.1, -0.05) is 0 Å². The van der Waals surface area contributed by atoms with Gasteiger partial charge in [0.25, 0.3) is 5.56 Å². The molecule has 3 aromatic heterocycles. The number of hydrogen-bond acceptors (Lipinski definition) is 8. The van der Waals surface area contributed by atoms with Gasteiger partial charge in [-0.3, -0.25) is 23.0 Å². The van der Waals surface area contributed by atoms with E-state index in [1.54, 1.807) is 24.9 Å². The Morgan fingerprint density at radius 3 is 2.51 bits per heavy atom. The zero-order chi connectivity index (χ0) is 25.0. The van der Waals surface area contributed by atoms with Gasteiger partial charge in [-0.2, -0.15) is 5.10 Å². The number of halogens is 1. The van der Waals surface area contributed by atoms with Gasteiger partial charge < -0.3 is 4.42 Å². The number of hydrogen-bond donors (Lipinski definition) is 0. The van der Waals surface area contributed by atoms with Gasteiger partial charge in [0.1, 0.15) is 6.54 Å². The van der Waals surface area contributed by atoms with Crippen molar-refractivity contribution in [3.05, 3.63) is 68.8 Å². The molecule has 1 aliphatic rings. The van der Waals surface area contributed by atoms with E-state index in [0.717, 1.165) is 4.57 Å². The highest BCUT2D eigenvalue weighted by atomic mass is 32.2. The smallest absolute Gasteiger partial charge is 0.332 e. The molecule has 3 heterocycles. The molecule has 1 fully saturated rings. The van der Waals surface area contributed by atoms with Crippen LogP contribution in [0.15, 0.2) is 49.5 Å². The van der Waals surface area contributed by atoms with Crippen LogP contribution < -0.4 is 11.2 Å². The summed E-state index contributed by atoms with van der Waals surface area (Å²) in [6, 6.07) is 4.01. The van der Waals surface area contributed by atoms with Crippen molar-refractivity contribution in [1.29, 1.82) is 0 Å². The van der Waals surface area contributed by atoms with Crippen LogP contribution in [-0.2, 0) is 30.0 Å². The molecular weight excluding hydrogens is 479 g/mol. The van der Waals surface area contributed by atoms with Gasteiger partial charge in [0.05, 0.1) is 41.0 Å². The number of rotatable bonds is 8. The minimum absolute atomic E-state index is 0.0379. The molecule has 4 aromatic rings. The van der Waals surface area contributed by atoms with Crippen LogP contribution >= 0.6 is 0 Å². The molecule has 0 bridgehead atoms. The van der Waals surface area contributed by atoms with E-state index in [0.29, 0.717) is 24.3 Å². The summed E-state index contributed by atoms with van der Waals surface area (Å²) in [5.74, 6) is 0.149. The van der Waals surface area contributed by atoms with Crippen LogP contribution in [0.5, 0.6) is 0 Å². The predicted octanol–water partition coefficient (Wildman–Crippen LogP) is 1.21. The van der Waals surface area contributed by atoms with E-state index < -0.39 is 33.2 Å². The largest absolute Gasteiger partial charge is 0.424 e. The van der Waals surface area contributed by atoms with Crippen molar-refractivity contribution in [2.75, 3.05) is 12.4 Å². The lowest BCUT2D eigenvalue weighted by Gasteiger charge is -2.15. The third-order valence-corrected chi connectivity index (χ3v) is 8.22. The normalized spacial score (nSPS) is 15.1. The van der Waals surface area contributed by atoms with E-state index in [1.165, 1.54) is 29.0 Å². The van der Waals surface area contributed by atoms with E-state index >= 15 is 0 Å². The number of benzene rings is 1. The SMILES string of the molecule is Cc1nnc(Cn2c(=O)n(Cc3cnn(C)c3)c(=O)c3cc(S(=O)(=O)CC4(CF)CC4)ccc32)o1. The number of aromatic nitrogens is 6. The van der Waals surface area contributed by atoms with Crippen LogP contribution in [0.3, 0.4) is 0 Å². The van der Waals surface area contributed by atoms with Crippen molar-refractivity contribution in [1.82, 2.24) is 29.1 Å². The first-order valence-electron chi connectivity index (χ1n) is 10.9. The van der Waals surface area contributed by atoms with E-state index in [1.807, 2.05) is 0 Å². The van der Waals surface area contributed by atoms with Gasteiger partial charge in [-0.05, 0) is 31.0 Å². The van der Waals surface area contributed by atoms with Crippen LogP contribution in [-0.4, -0.2) is 50.0 Å².